The average Bonchev–Trinajstić information content (AvgIpc) is 3.08. The van der Waals surface area contributed by atoms with Gasteiger partial charge in [-0.2, -0.15) is 5.10 Å². The van der Waals surface area contributed by atoms with Crippen LogP contribution in [0.2, 0.25) is 0 Å². The van der Waals surface area contributed by atoms with Crippen LogP contribution in [0.15, 0.2) is 61.3 Å². The zero-order chi connectivity index (χ0) is 16.1. The number of rotatable bonds is 4. The lowest BCUT2D eigenvalue weighted by molar-refractivity contribution is -0.111. The highest BCUT2D eigenvalue weighted by atomic mass is 19.1. The molecule has 0 aliphatic carbocycles. The van der Waals surface area contributed by atoms with Gasteiger partial charge in [0.15, 0.2) is 5.82 Å². The summed E-state index contributed by atoms with van der Waals surface area (Å²) in [4.78, 5) is 20.0. The van der Waals surface area contributed by atoms with Crippen LogP contribution in [0.1, 0.15) is 5.56 Å². The summed E-state index contributed by atoms with van der Waals surface area (Å²) < 4.78 is 14.6. The average molecular weight is 309 g/mol. The van der Waals surface area contributed by atoms with Crippen molar-refractivity contribution in [2.24, 2.45) is 0 Å². The molecule has 7 heteroatoms. The second-order valence-electron chi connectivity index (χ2n) is 4.59. The minimum Gasteiger partial charge on any atom is -0.318 e. The fourth-order valence-corrected chi connectivity index (χ4v) is 1.94. The molecule has 0 aliphatic heterocycles. The molecule has 0 bridgehead atoms. The van der Waals surface area contributed by atoms with Crippen molar-refractivity contribution in [1.82, 2.24) is 19.7 Å². The molecular weight excluding hydrogens is 297 g/mol. The van der Waals surface area contributed by atoms with Crippen LogP contribution in [-0.2, 0) is 4.79 Å². The minimum absolute atomic E-state index is 0.356. The fraction of sp³-hybridized carbons (Fsp3) is 0. The Morgan fingerprint density at radius 2 is 2.22 bits per heavy atom. The van der Waals surface area contributed by atoms with E-state index in [2.05, 4.69) is 20.4 Å². The zero-order valence-corrected chi connectivity index (χ0v) is 11.9. The lowest BCUT2D eigenvalue weighted by Gasteiger charge is -2.07. The molecule has 0 saturated heterocycles. The predicted octanol–water partition coefficient (Wildman–Crippen LogP) is 2.45. The number of benzene rings is 1. The van der Waals surface area contributed by atoms with E-state index in [0.717, 1.165) is 0 Å². The summed E-state index contributed by atoms with van der Waals surface area (Å²) in [6.45, 7) is 0. The molecule has 114 valence electrons. The first-order chi connectivity index (χ1) is 11.2. The number of hydrogen-bond acceptors (Lipinski definition) is 4. The van der Waals surface area contributed by atoms with Crippen LogP contribution in [0.5, 0.6) is 0 Å². The maximum absolute atomic E-state index is 13.1. The van der Waals surface area contributed by atoms with E-state index in [1.54, 1.807) is 30.6 Å². The first-order valence-electron chi connectivity index (χ1n) is 6.77. The van der Waals surface area contributed by atoms with Crippen molar-refractivity contribution in [2.45, 2.75) is 0 Å². The van der Waals surface area contributed by atoms with Crippen molar-refractivity contribution >= 4 is 17.7 Å². The van der Waals surface area contributed by atoms with Crippen molar-refractivity contribution in [3.63, 3.8) is 0 Å². The van der Waals surface area contributed by atoms with Gasteiger partial charge < -0.3 is 5.32 Å². The van der Waals surface area contributed by atoms with Gasteiger partial charge >= 0.3 is 0 Å². The van der Waals surface area contributed by atoms with Gasteiger partial charge in [0.25, 0.3) is 0 Å². The number of halogens is 1. The lowest BCUT2D eigenvalue weighted by atomic mass is 10.2. The minimum atomic E-state index is -0.377. The van der Waals surface area contributed by atoms with Gasteiger partial charge in [-0.25, -0.2) is 19.0 Å². The third-order valence-corrected chi connectivity index (χ3v) is 2.95. The molecule has 0 spiro atoms. The van der Waals surface area contributed by atoms with Gasteiger partial charge in [-0.15, -0.1) is 0 Å². The van der Waals surface area contributed by atoms with Crippen LogP contribution in [0, 0.1) is 5.82 Å². The molecular formula is C16H12FN5O. The molecule has 23 heavy (non-hydrogen) atoms. The van der Waals surface area contributed by atoms with Gasteiger partial charge in [-0.1, -0.05) is 12.1 Å². The van der Waals surface area contributed by atoms with E-state index in [4.69, 9.17) is 0 Å². The van der Waals surface area contributed by atoms with E-state index < -0.39 is 0 Å². The van der Waals surface area contributed by atoms with Gasteiger partial charge in [0, 0.05) is 18.5 Å². The van der Waals surface area contributed by atoms with E-state index >= 15 is 0 Å². The van der Waals surface area contributed by atoms with Crippen LogP contribution in [0.25, 0.3) is 11.9 Å². The Hall–Kier alpha value is -3.35. The summed E-state index contributed by atoms with van der Waals surface area (Å²) in [7, 11) is 0. The van der Waals surface area contributed by atoms with Crippen LogP contribution in [-0.4, -0.2) is 25.7 Å². The number of anilines is 1. The molecule has 3 aromatic rings. The van der Waals surface area contributed by atoms with Gasteiger partial charge in [0.2, 0.25) is 5.91 Å². The molecule has 1 amide bonds. The summed E-state index contributed by atoms with van der Waals surface area (Å²) in [5.74, 6) is -0.278. The third-order valence-electron chi connectivity index (χ3n) is 2.95. The molecule has 0 fully saturated rings. The van der Waals surface area contributed by atoms with Crippen molar-refractivity contribution in [2.75, 3.05) is 5.32 Å². The van der Waals surface area contributed by atoms with E-state index in [1.165, 1.54) is 41.5 Å². The summed E-state index contributed by atoms with van der Waals surface area (Å²) in [5.41, 5.74) is 1.02. The van der Waals surface area contributed by atoms with Crippen LogP contribution in [0.3, 0.4) is 0 Å². The molecule has 0 atom stereocenters. The maximum atomic E-state index is 13.1. The van der Waals surface area contributed by atoms with Crippen molar-refractivity contribution in [3.8, 4) is 5.82 Å². The molecule has 6 nitrogen and oxygen atoms in total. The monoisotopic (exact) mass is 309 g/mol. The smallest absolute Gasteiger partial charge is 0.248 e. The van der Waals surface area contributed by atoms with Gasteiger partial charge in [-0.3, -0.25) is 4.79 Å². The van der Waals surface area contributed by atoms with E-state index in [1.807, 2.05) is 0 Å². The Kier molecular flexibility index (Phi) is 4.19. The SMILES string of the molecule is O=C(C=Cc1cccc(F)c1)Nc1cncnc1-n1cccn1. The van der Waals surface area contributed by atoms with Crippen molar-refractivity contribution < 1.29 is 9.18 Å². The highest BCUT2D eigenvalue weighted by molar-refractivity contribution is 6.02. The van der Waals surface area contributed by atoms with Gasteiger partial charge in [0.1, 0.15) is 17.8 Å². The Morgan fingerprint density at radius 1 is 1.30 bits per heavy atom. The molecule has 1 N–H and O–H groups in total. The third kappa shape index (κ3) is 3.65. The first-order valence-corrected chi connectivity index (χ1v) is 6.77. The summed E-state index contributed by atoms with van der Waals surface area (Å²) in [6, 6.07) is 7.71. The Balaban J connectivity index is 1.76. The molecule has 3 rings (SSSR count). The molecule has 0 radical (unpaired) electrons. The van der Waals surface area contributed by atoms with Crippen molar-refractivity contribution in [1.29, 1.82) is 0 Å². The Morgan fingerprint density at radius 3 is 3.00 bits per heavy atom. The summed E-state index contributed by atoms with van der Waals surface area (Å²) in [5, 5.41) is 6.75. The lowest BCUT2D eigenvalue weighted by Crippen LogP contribution is -2.12. The number of aromatic nitrogens is 4. The second kappa shape index (κ2) is 6.61. The molecule has 1 aromatic carbocycles. The standard InChI is InChI=1S/C16H12FN5O/c17-13-4-1-3-12(9-13)5-6-15(23)21-14-10-18-11-19-16(14)22-8-2-7-20-22/h1-11H,(H,21,23). The number of amides is 1. The number of hydrogen-bond donors (Lipinski definition) is 1. The normalized spacial score (nSPS) is 10.8. The van der Waals surface area contributed by atoms with Gasteiger partial charge in [-0.05, 0) is 29.8 Å². The highest BCUT2D eigenvalue weighted by Gasteiger charge is 2.08. The topological polar surface area (TPSA) is 72.7 Å². The van der Waals surface area contributed by atoms with Crippen molar-refractivity contribution in [3.05, 3.63) is 72.7 Å². The molecule has 0 unspecified atom stereocenters. The first kappa shape index (κ1) is 14.6. The second-order valence-corrected chi connectivity index (χ2v) is 4.59. The predicted molar refractivity (Wildman–Crippen MR) is 83.2 cm³/mol. The number of carbonyl (C=O) groups excluding carboxylic acids is 1. The van der Waals surface area contributed by atoms with Gasteiger partial charge in [0.05, 0.1) is 6.20 Å². The van der Waals surface area contributed by atoms with Crippen LogP contribution >= 0.6 is 0 Å². The number of carbonyl (C=O) groups is 1. The fourth-order valence-electron chi connectivity index (χ4n) is 1.94. The maximum Gasteiger partial charge on any atom is 0.248 e. The number of nitrogens with one attached hydrogen (secondary N) is 1. The van der Waals surface area contributed by atoms with Crippen LogP contribution in [0.4, 0.5) is 10.1 Å². The summed E-state index contributed by atoms with van der Waals surface area (Å²) in [6.07, 6.45) is 9.01. The zero-order valence-electron chi connectivity index (χ0n) is 11.9. The molecule has 2 heterocycles. The Labute approximate surface area is 131 Å². The largest absolute Gasteiger partial charge is 0.318 e. The van der Waals surface area contributed by atoms with E-state index in [9.17, 15) is 9.18 Å². The molecule has 0 aliphatic rings. The Bertz CT molecular complexity index is 845. The van der Waals surface area contributed by atoms with E-state index in [-0.39, 0.29) is 11.7 Å². The highest BCUT2D eigenvalue weighted by Crippen LogP contribution is 2.15. The number of nitrogens with zero attached hydrogens (tertiary/aromatic N) is 4. The van der Waals surface area contributed by atoms with E-state index in [0.29, 0.717) is 17.1 Å². The summed E-state index contributed by atoms with van der Waals surface area (Å²) >= 11 is 0. The quantitative estimate of drug-likeness (QED) is 0.751. The van der Waals surface area contributed by atoms with Crippen LogP contribution < -0.4 is 5.32 Å². The molecule has 0 saturated carbocycles. The molecule has 2 aromatic heterocycles.